The van der Waals surface area contributed by atoms with E-state index in [2.05, 4.69) is 9.97 Å². The fourth-order valence-electron chi connectivity index (χ4n) is 0.471. The monoisotopic (exact) mass is 141 g/mol. The molecule has 5 heteroatoms. The van der Waals surface area contributed by atoms with Crippen molar-refractivity contribution in [3.8, 4) is 0 Å². The molecule has 4 nitrogen and oxygen atoms in total. The Morgan fingerprint density at radius 3 is 2.50 bits per heavy atom. The molecule has 1 aromatic heterocycles. The van der Waals surface area contributed by atoms with E-state index in [1.807, 2.05) is 0 Å². The highest BCUT2D eigenvalue weighted by atomic mass is 16.4. The fraction of sp³-hybridized carbons (Fsp3) is 0.200. The topological polar surface area (TPSA) is 66.2 Å². The van der Waals surface area contributed by atoms with Crippen molar-refractivity contribution in [2.24, 2.45) is 0 Å². The summed E-state index contributed by atoms with van der Waals surface area (Å²) in [5.74, 6) is -0.308. The van der Waals surface area contributed by atoms with Crippen LogP contribution >= 0.6 is 0 Å². The molecule has 1 rings (SSSR count). The number of hydrogen-bond donors (Lipinski definition) is 2. The molecule has 1 aromatic rings. The summed E-state index contributed by atoms with van der Waals surface area (Å²) in [5.41, 5.74) is 0.0630. The molecule has 0 aromatic carbocycles. The minimum atomic E-state index is -2.36. The van der Waals surface area contributed by atoms with E-state index >= 15 is 0 Å². The molecule has 52 valence electrons. The van der Waals surface area contributed by atoms with Crippen LogP contribution in [0.4, 0.5) is 0 Å². The third kappa shape index (κ3) is 1.52. The summed E-state index contributed by atoms with van der Waals surface area (Å²) in [6, 6.07) is 0. The van der Waals surface area contributed by atoms with Crippen LogP contribution in [0.25, 0.3) is 0 Å². The standard InChI is InChI=1S/C5H7BN2O2/c1-4-7-2-5(3-8-4)6(9)10/h2-3,9-10H,1H3/i1D3. The van der Waals surface area contributed by atoms with Crippen LogP contribution in [0.5, 0.6) is 0 Å². The first-order valence-electron chi connectivity index (χ1n) is 4.10. The van der Waals surface area contributed by atoms with E-state index < -0.39 is 14.0 Å². The van der Waals surface area contributed by atoms with Crippen LogP contribution in [0, 0.1) is 6.85 Å². The zero-order valence-electron chi connectivity index (χ0n) is 8.02. The predicted octanol–water partition coefficient (Wildman–Crippen LogP) is -1.54. The summed E-state index contributed by atoms with van der Waals surface area (Å²) in [6.07, 6.45) is 2.14. The van der Waals surface area contributed by atoms with Gasteiger partial charge in [-0.2, -0.15) is 0 Å². The molecule has 0 amide bonds. The van der Waals surface area contributed by atoms with Gasteiger partial charge < -0.3 is 10.0 Å². The molecular weight excluding hydrogens is 131 g/mol. The zero-order valence-corrected chi connectivity index (χ0v) is 5.02. The maximum atomic E-state index is 8.65. The van der Waals surface area contributed by atoms with Gasteiger partial charge in [-0.25, -0.2) is 9.97 Å². The Hall–Kier alpha value is -0.935. The molecule has 10 heavy (non-hydrogen) atoms. The van der Waals surface area contributed by atoms with Crippen LogP contribution in [0.15, 0.2) is 12.4 Å². The quantitative estimate of drug-likeness (QED) is 0.465. The number of aryl methyl sites for hydroxylation is 1. The van der Waals surface area contributed by atoms with Crippen LogP contribution in [-0.4, -0.2) is 27.1 Å². The second-order valence-electron chi connectivity index (χ2n) is 1.71. The van der Waals surface area contributed by atoms with Crippen LogP contribution in [0.1, 0.15) is 9.94 Å². The predicted molar refractivity (Wildman–Crippen MR) is 36.6 cm³/mol. The third-order valence-corrected chi connectivity index (χ3v) is 0.970. The maximum Gasteiger partial charge on any atom is 0.491 e. The van der Waals surface area contributed by atoms with Gasteiger partial charge in [0, 0.05) is 22.0 Å². The van der Waals surface area contributed by atoms with Crippen LogP contribution in [0.2, 0.25) is 0 Å². The van der Waals surface area contributed by atoms with Crippen LogP contribution in [0.3, 0.4) is 0 Å². The van der Waals surface area contributed by atoms with Gasteiger partial charge in [-0.15, -0.1) is 0 Å². The summed E-state index contributed by atoms with van der Waals surface area (Å²) in [5, 5.41) is 17.3. The van der Waals surface area contributed by atoms with Crippen LogP contribution < -0.4 is 5.46 Å². The van der Waals surface area contributed by atoms with E-state index in [-0.39, 0.29) is 11.3 Å². The van der Waals surface area contributed by atoms with E-state index in [0.29, 0.717) is 0 Å². The fourth-order valence-corrected chi connectivity index (χ4v) is 0.471. The molecule has 0 spiro atoms. The van der Waals surface area contributed by atoms with Crippen LogP contribution in [-0.2, 0) is 0 Å². The van der Waals surface area contributed by atoms with Gasteiger partial charge in [-0.3, -0.25) is 0 Å². The van der Waals surface area contributed by atoms with Crippen molar-refractivity contribution in [1.82, 2.24) is 9.97 Å². The van der Waals surface area contributed by atoms with Crippen molar-refractivity contribution in [3.63, 3.8) is 0 Å². The maximum absolute atomic E-state index is 8.65. The lowest BCUT2D eigenvalue weighted by molar-refractivity contribution is 0.425. The Labute approximate surface area is 62.9 Å². The highest BCUT2D eigenvalue weighted by Crippen LogP contribution is 1.80. The Bertz CT molecular complexity index is 287. The van der Waals surface area contributed by atoms with Gasteiger partial charge >= 0.3 is 7.12 Å². The van der Waals surface area contributed by atoms with Gasteiger partial charge in [0.05, 0.1) is 0 Å². The first-order chi connectivity index (χ1) is 5.91. The normalized spacial score (nSPS) is 15.2. The zero-order chi connectivity index (χ0) is 10.1. The Morgan fingerprint density at radius 2 is 2.10 bits per heavy atom. The average molecular weight is 141 g/mol. The lowest BCUT2D eigenvalue weighted by Crippen LogP contribution is -2.30. The molecule has 0 saturated heterocycles. The van der Waals surface area contributed by atoms with Crippen molar-refractivity contribution in [3.05, 3.63) is 18.2 Å². The first kappa shape index (κ1) is 4.05. The van der Waals surface area contributed by atoms with E-state index in [1.165, 1.54) is 0 Å². The molecular formula is C5H7BN2O2. The van der Waals surface area contributed by atoms with Crippen molar-refractivity contribution < 1.29 is 14.2 Å². The summed E-state index contributed by atoms with van der Waals surface area (Å²) < 4.78 is 20.8. The molecule has 0 aliphatic heterocycles. The Kier molecular flexibility index (Phi) is 1.12. The first-order valence-corrected chi connectivity index (χ1v) is 2.60. The summed E-state index contributed by atoms with van der Waals surface area (Å²) >= 11 is 0. The summed E-state index contributed by atoms with van der Waals surface area (Å²) in [4.78, 5) is 6.96. The minimum absolute atomic E-state index is 0.0630. The number of hydrogen-bond acceptors (Lipinski definition) is 4. The highest BCUT2D eigenvalue weighted by Gasteiger charge is 2.10. The number of aromatic nitrogens is 2. The minimum Gasteiger partial charge on any atom is -0.423 e. The van der Waals surface area contributed by atoms with Gasteiger partial charge in [-0.05, 0) is 6.85 Å². The molecule has 0 radical (unpaired) electrons. The van der Waals surface area contributed by atoms with E-state index in [9.17, 15) is 0 Å². The third-order valence-electron chi connectivity index (χ3n) is 0.970. The van der Waals surface area contributed by atoms with Gasteiger partial charge in [0.1, 0.15) is 5.82 Å². The molecule has 0 unspecified atom stereocenters. The van der Waals surface area contributed by atoms with E-state index in [1.54, 1.807) is 0 Å². The lowest BCUT2D eigenvalue weighted by Gasteiger charge is -1.95. The second kappa shape index (κ2) is 2.77. The second-order valence-corrected chi connectivity index (χ2v) is 1.71. The average Bonchev–Trinajstić information content (AvgIpc) is 2.03. The van der Waals surface area contributed by atoms with E-state index in [4.69, 9.17) is 14.2 Å². The Balaban J connectivity index is 2.94. The van der Waals surface area contributed by atoms with Gasteiger partial charge in [0.2, 0.25) is 0 Å². The Morgan fingerprint density at radius 1 is 1.50 bits per heavy atom. The molecule has 2 N–H and O–H groups in total. The van der Waals surface area contributed by atoms with Gasteiger partial charge in [0.25, 0.3) is 0 Å². The molecule has 0 atom stereocenters. The molecule has 0 aliphatic rings. The molecule has 0 saturated carbocycles. The SMILES string of the molecule is [2H]C([2H])([2H])c1ncc(B(O)O)cn1. The molecule has 0 fully saturated rings. The highest BCUT2D eigenvalue weighted by molar-refractivity contribution is 6.58. The molecule has 0 bridgehead atoms. The lowest BCUT2D eigenvalue weighted by atomic mass is 9.83. The van der Waals surface area contributed by atoms with Crippen molar-refractivity contribution in [2.45, 2.75) is 6.85 Å². The number of rotatable bonds is 1. The summed E-state index contributed by atoms with van der Waals surface area (Å²) in [6.45, 7) is -2.36. The number of nitrogens with zero attached hydrogens (tertiary/aromatic N) is 2. The van der Waals surface area contributed by atoms with Gasteiger partial charge in [-0.1, -0.05) is 0 Å². The molecule has 1 heterocycles. The summed E-state index contributed by atoms with van der Waals surface area (Å²) in [7, 11) is -1.68. The van der Waals surface area contributed by atoms with Crippen molar-refractivity contribution >= 4 is 12.6 Å². The molecule has 0 aliphatic carbocycles. The van der Waals surface area contributed by atoms with Gasteiger partial charge in [0.15, 0.2) is 0 Å². The van der Waals surface area contributed by atoms with Crippen molar-refractivity contribution in [1.29, 1.82) is 0 Å². The van der Waals surface area contributed by atoms with E-state index in [0.717, 1.165) is 12.4 Å². The van der Waals surface area contributed by atoms with Crippen molar-refractivity contribution in [2.75, 3.05) is 0 Å². The largest absolute Gasteiger partial charge is 0.491 e. The smallest absolute Gasteiger partial charge is 0.423 e.